The van der Waals surface area contributed by atoms with Crippen molar-refractivity contribution in [2.75, 3.05) is 24.5 Å². The predicted molar refractivity (Wildman–Crippen MR) is 84.1 cm³/mol. The fourth-order valence-electron chi connectivity index (χ4n) is 2.54. The van der Waals surface area contributed by atoms with Crippen molar-refractivity contribution in [1.29, 1.82) is 0 Å². The Kier molecular flexibility index (Phi) is 5.64. The van der Waals surface area contributed by atoms with Crippen LogP contribution in [0.4, 0.5) is 5.13 Å². The molecule has 0 amide bonds. The van der Waals surface area contributed by atoms with Crippen LogP contribution in [-0.4, -0.2) is 24.6 Å². The van der Waals surface area contributed by atoms with Gasteiger partial charge in [0, 0.05) is 24.5 Å². The van der Waals surface area contributed by atoms with E-state index < -0.39 is 0 Å². The van der Waals surface area contributed by atoms with E-state index in [0.717, 1.165) is 12.5 Å². The molecule has 4 heteroatoms. The van der Waals surface area contributed by atoms with E-state index in [-0.39, 0.29) is 0 Å². The first-order chi connectivity index (χ1) is 9.20. The number of nitrogens with one attached hydrogen (secondary N) is 1. The third kappa shape index (κ3) is 4.18. The Labute approximate surface area is 121 Å². The third-order valence-corrected chi connectivity index (χ3v) is 4.86. The minimum Gasteiger partial charge on any atom is -0.348 e. The van der Waals surface area contributed by atoms with Crippen molar-refractivity contribution in [3.63, 3.8) is 0 Å². The highest BCUT2D eigenvalue weighted by Gasteiger charge is 2.17. The molecule has 1 aromatic heterocycles. The number of hydrogen-bond acceptors (Lipinski definition) is 4. The summed E-state index contributed by atoms with van der Waals surface area (Å²) in [5, 5.41) is 6.95. The highest BCUT2D eigenvalue weighted by Crippen LogP contribution is 2.27. The predicted octanol–water partition coefficient (Wildman–Crippen LogP) is 3.83. The topological polar surface area (TPSA) is 28.2 Å². The van der Waals surface area contributed by atoms with E-state index in [1.54, 1.807) is 11.3 Å². The Morgan fingerprint density at radius 2 is 2.32 bits per heavy atom. The number of hydrogen-bond donors (Lipinski definition) is 1. The average molecular weight is 281 g/mol. The van der Waals surface area contributed by atoms with Gasteiger partial charge in [-0.1, -0.05) is 13.8 Å². The summed E-state index contributed by atoms with van der Waals surface area (Å²) in [5.74, 6) is 0.870. The molecule has 0 radical (unpaired) electrons. The van der Waals surface area contributed by atoms with Gasteiger partial charge in [0.15, 0.2) is 5.13 Å². The van der Waals surface area contributed by atoms with E-state index in [4.69, 9.17) is 4.98 Å². The molecule has 108 valence electrons. The van der Waals surface area contributed by atoms with Gasteiger partial charge < -0.3 is 10.2 Å². The maximum Gasteiger partial charge on any atom is 0.185 e. The molecule has 1 fully saturated rings. The molecule has 1 N–H and O–H groups in total. The highest BCUT2D eigenvalue weighted by atomic mass is 32.1. The summed E-state index contributed by atoms with van der Waals surface area (Å²) in [7, 11) is 0. The molecule has 2 atom stereocenters. The molecule has 0 saturated carbocycles. The van der Waals surface area contributed by atoms with Gasteiger partial charge in [-0.05, 0) is 45.1 Å². The fraction of sp³-hybridized carbons (Fsp3) is 0.800. The monoisotopic (exact) mass is 281 g/mol. The molecule has 1 aromatic rings. The molecular weight excluding hydrogens is 254 g/mol. The van der Waals surface area contributed by atoms with Crippen molar-refractivity contribution in [1.82, 2.24) is 10.3 Å². The summed E-state index contributed by atoms with van der Waals surface area (Å²) >= 11 is 1.80. The molecular formula is C15H27N3S. The van der Waals surface area contributed by atoms with E-state index in [1.807, 2.05) is 0 Å². The van der Waals surface area contributed by atoms with Gasteiger partial charge in [0.05, 0.1) is 5.69 Å². The normalized spacial score (nSPS) is 22.3. The molecule has 1 saturated heterocycles. The lowest BCUT2D eigenvalue weighted by Gasteiger charge is -2.19. The van der Waals surface area contributed by atoms with Gasteiger partial charge in [0.1, 0.15) is 0 Å². The Morgan fingerprint density at radius 1 is 1.47 bits per heavy atom. The van der Waals surface area contributed by atoms with E-state index in [2.05, 4.69) is 36.4 Å². The third-order valence-electron chi connectivity index (χ3n) is 3.94. The van der Waals surface area contributed by atoms with Crippen LogP contribution in [0, 0.1) is 5.92 Å². The lowest BCUT2D eigenvalue weighted by atomic mass is 10.0. The van der Waals surface area contributed by atoms with E-state index in [0.29, 0.717) is 6.04 Å². The number of aromatic nitrogens is 1. The Morgan fingerprint density at radius 3 is 3.11 bits per heavy atom. The molecule has 1 aliphatic heterocycles. The minimum atomic E-state index is 0.371. The van der Waals surface area contributed by atoms with Crippen LogP contribution in [0.1, 0.15) is 58.2 Å². The van der Waals surface area contributed by atoms with Crippen molar-refractivity contribution in [2.45, 2.75) is 52.5 Å². The summed E-state index contributed by atoms with van der Waals surface area (Å²) in [6.07, 6.45) is 5.15. The SMILES string of the molecule is CCCNC(C)c1csc(N2CCCC(C)CC2)n1. The van der Waals surface area contributed by atoms with Crippen molar-refractivity contribution < 1.29 is 0 Å². The molecule has 1 aliphatic rings. The van der Waals surface area contributed by atoms with E-state index >= 15 is 0 Å². The first-order valence-corrected chi connectivity index (χ1v) is 8.52. The van der Waals surface area contributed by atoms with Gasteiger partial charge in [-0.25, -0.2) is 4.98 Å². The second-order valence-electron chi connectivity index (χ2n) is 5.75. The summed E-state index contributed by atoms with van der Waals surface area (Å²) < 4.78 is 0. The first-order valence-electron chi connectivity index (χ1n) is 7.64. The molecule has 0 bridgehead atoms. The second-order valence-corrected chi connectivity index (χ2v) is 6.59. The number of thiazole rings is 1. The highest BCUT2D eigenvalue weighted by molar-refractivity contribution is 7.13. The molecule has 0 aliphatic carbocycles. The van der Waals surface area contributed by atoms with Crippen LogP contribution in [0.15, 0.2) is 5.38 Å². The van der Waals surface area contributed by atoms with Crippen LogP contribution in [0.3, 0.4) is 0 Å². The molecule has 19 heavy (non-hydrogen) atoms. The smallest absolute Gasteiger partial charge is 0.185 e. The van der Waals surface area contributed by atoms with E-state index in [9.17, 15) is 0 Å². The van der Waals surface area contributed by atoms with E-state index in [1.165, 1.54) is 49.6 Å². The lowest BCUT2D eigenvalue weighted by molar-refractivity contribution is 0.521. The largest absolute Gasteiger partial charge is 0.348 e. The zero-order chi connectivity index (χ0) is 13.7. The van der Waals surface area contributed by atoms with Crippen LogP contribution < -0.4 is 10.2 Å². The summed E-state index contributed by atoms with van der Waals surface area (Å²) in [5.41, 5.74) is 1.20. The Balaban J connectivity index is 1.95. The van der Waals surface area contributed by atoms with Gasteiger partial charge in [0.2, 0.25) is 0 Å². The average Bonchev–Trinajstić information content (AvgIpc) is 2.80. The quantitative estimate of drug-likeness (QED) is 0.889. The Bertz CT molecular complexity index is 377. The molecule has 3 nitrogen and oxygen atoms in total. The number of anilines is 1. The second kappa shape index (κ2) is 7.25. The fourth-order valence-corrected chi connectivity index (χ4v) is 3.51. The molecule has 0 aromatic carbocycles. The zero-order valence-corrected chi connectivity index (χ0v) is 13.3. The number of nitrogens with zero attached hydrogens (tertiary/aromatic N) is 2. The molecule has 0 spiro atoms. The standard InChI is InChI=1S/C15H27N3S/c1-4-8-16-13(3)14-11-19-15(17-14)18-9-5-6-12(2)7-10-18/h11-13,16H,4-10H2,1-3H3. The van der Waals surface area contributed by atoms with Gasteiger partial charge in [0.25, 0.3) is 0 Å². The zero-order valence-electron chi connectivity index (χ0n) is 12.5. The lowest BCUT2D eigenvalue weighted by Crippen LogP contribution is -2.24. The van der Waals surface area contributed by atoms with Crippen molar-refractivity contribution >= 4 is 16.5 Å². The first kappa shape index (κ1) is 14.8. The van der Waals surface area contributed by atoms with Gasteiger partial charge in [-0.15, -0.1) is 11.3 Å². The van der Waals surface area contributed by atoms with Crippen LogP contribution in [0.5, 0.6) is 0 Å². The molecule has 2 heterocycles. The van der Waals surface area contributed by atoms with Crippen LogP contribution >= 0.6 is 11.3 Å². The Hall–Kier alpha value is -0.610. The van der Waals surface area contributed by atoms with Crippen LogP contribution in [0.25, 0.3) is 0 Å². The molecule has 2 rings (SSSR count). The molecule has 2 unspecified atom stereocenters. The minimum absolute atomic E-state index is 0.371. The van der Waals surface area contributed by atoms with Gasteiger partial charge in [-0.3, -0.25) is 0 Å². The van der Waals surface area contributed by atoms with Gasteiger partial charge in [-0.2, -0.15) is 0 Å². The van der Waals surface area contributed by atoms with Crippen molar-refractivity contribution in [3.8, 4) is 0 Å². The van der Waals surface area contributed by atoms with Crippen LogP contribution in [0.2, 0.25) is 0 Å². The maximum atomic E-state index is 4.84. The summed E-state index contributed by atoms with van der Waals surface area (Å²) in [6, 6.07) is 0.371. The number of rotatable bonds is 5. The van der Waals surface area contributed by atoms with Crippen molar-refractivity contribution in [3.05, 3.63) is 11.1 Å². The van der Waals surface area contributed by atoms with Crippen LogP contribution in [-0.2, 0) is 0 Å². The maximum absolute atomic E-state index is 4.84. The summed E-state index contributed by atoms with van der Waals surface area (Å²) in [4.78, 5) is 7.31. The summed E-state index contributed by atoms with van der Waals surface area (Å²) in [6.45, 7) is 10.2. The van der Waals surface area contributed by atoms with Gasteiger partial charge >= 0.3 is 0 Å². The van der Waals surface area contributed by atoms with Crippen molar-refractivity contribution in [2.24, 2.45) is 5.92 Å².